The molecule has 3 N–H and O–H groups in total. The van der Waals surface area contributed by atoms with Crippen molar-refractivity contribution in [2.75, 3.05) is 7.11 Å². The number of para-hydroxylation sites is 1. The molecule has 0 saturated heterocycles. The lowest BCUT2D eigenvalue weighted by Crippen LogP contribution is -1.90. The van der Waals surface area contributed by atoms with Gasteiger partial charge in [-0.2, -0.15) is 5.10 Å². The predicted molar refractivity (Wildman–Crippen MR) is 82.0 cm³/mol. The van der Waals surface area contributed by atoms with E-state index in [1.807, 2.05) is 24.3 Å². The van der Waals surface area contributed by atoms with Crippen molar-refractivity contribution in [3.63, 3.8) is 0 Å². The number of phenols is 1. The number of ether oxygens (including phenoxy) is 1. The molecule has 0 spiro atoms. The van der Waals surface area contributed by atoms with Gasteiger partial charge in [0.15, 0.2) is 0 Å². The number of phenolic OH excluding ortho intramolecular Hbond substituents is 1. The fraction of sp³-hybridized carbons (Fsp3) is 0.0714. The first-order chi connectivity index (χ1) is 9.65. The van der Waals surface area contributed by atoms with Crippen molar-refractivity contribution in [3.05, 3.63) is 47.0 Å². The summed E-state index contributed by atoms with van der Waals surface area (Å²) >= 11 is 7.55. The van der Waals surface area contributed by atoms with E-state index >= 15 is 0 Å². The van der Waals surface area contributed by atoms with Gasteiger partial charge < -0.3 is 15.7 Å². The van der Waals surface area contributed by atoms with E-state index in [0.717, 1.165) is 15.5 Å². The van der Waals surface area contributed by atoms with Crippen LogP contribution in [0.4, 0.5) is 0 Å². The van der Waals surface area contributed by atoms with Gasteiger partial charge in [0.2, 0.25) is 0 Å². The molecule has 2 aromatic carbocycles. The Morgan fingerprint density at radius 3 is 2.75 bits per heavy atom. The number of rotatable bonds is 4. The largest absolute Gasteiger partial charge is 0.507 e. The van der Waals surface area contributed by atoms with Crippen molar-refractivity contribution >= 4 is 29.6 Å². The van der Waals surface area contributed by atoms with Crippen LogP contribution in [0.2, 0.25) is 5.02 Å². The van der Waals surface area contributed by atoms with Crippen LogP contribution in [-0.2, 0) is 0 Å². The van der Waals surface area contributed by atoms with Gasteiger partial charge in [0.25, 0.3) is 0 Å². The molecule has 6 heteroatoms. The van der Waals surface area contributed by atoms with E-state index in [1.165, 1.54) is 18.0 Å². The number of methoxy groups -OCH3 is 1. The molecule has 0 saturated carbocycles. The molecule has 0 amide bonds. The molecular formula is C14H13ClN2O2S. The average Bonchev–Trinajstić information content (AvgIpc) is 2.43. The summed E-state index contributed by atoms with van der Waals surface area (Å²) in [7, 11) is 1.62. The highest BCUT2D eigenvalue weighted by Crippen LogP contribution is 2.38. The lowest BCUT2D eigenvalue weighted by molar-refractivity contribution is 0.405. The van der Waals surface area contributed by atoms with Crippen LogP contribution in [0.3, 0.4) is 0 Å². The van der Waals surface area contributed by atoms with Crippen molar-refractivity contribution in [1.29, 1.82) is 0 Å². The number of hydrazone groups is 1. The number of hydrogen-bond donors (Lipinski definition) is 2. The van der Waals surface area contributed by atoms with Crippen molar-refractivity contribution in [3.8, 4) is 11.5 Å². The summed E-state index contributed by atoms with van der Waals surface area (Å²) in [5.74, 6) is 5.87. The smallest absolute Gasteiger partial charge is 0.132 e. The topological polar surface area (TPSA) is 67.8 Å². The second-order valence-electron chi connectivity index (χ2n) is 3.87. The van der Waals surface area contributed by atoms with Crippen LogP contribution in [0.25, 0.3) is 0 Å². The van der Waals surface area contributed by atoms with E-state index in [9.17, 15) is 5.11 Å². The first kappa shape index (κ1) is 14.6. The van der Waals surface area contributed by atoms with Gasteiger partial charge in [-0.15, -0.1) is 0 Å². The Morgan fingerprint density at radius 2 is 2.10 bits per heavy atom. The molecule has 0 heterocycles. The molecule has 2 rings (SSSR count). The van der Waals surface area contributed by atoms with E-state index in [-0.39, 0.29) is 5.75 Å². The number of aromatic hydroxyl groups is 1. The highest BCUT2D eigenvalue weighted by molar-refractivity contribution is 7.99. The third-order valence-corrected chi connectivity index (χ3v) is 3.92. The van der Waals surface area contributed by atoms with E-state index in [0.29, 0.717) is 10.6 Å². The highest BCUT2D eigenvalue weighted by Gasteiger charge is 2.10. The Kier molecular flexibility index (Phi) is 4.76. The van der Waals surface area contributed by atoms with Crippen LogP contribution in [0.5, 0.6) is 11.5 Å². The fourth-order valence-electron chi connectivity index (χ4n) is 1.67. The van der Waals surface area contributed by atoms with E-state index in [4.69, 9.17) is 22.2 Å². The zero-order valence-electron chi connectivity index (χ0n) is 10.7. The van der Waals surface area contributed by atoms with Crippen LogP contribution < -0.4 is 10.6 Å². The van der Waals surface area contributed by atoms with Gasteiger partial charge in [0.05, 0.1) is 28.8 Å². The molecular weight excluding hydrogens is 296 g/mol. The van der Waals surface area contributed by atoms with E-state index in [2.05, 4.69) is 5.10 Å². The fourth-order valence-corrected chi connectivity index (χ4v) is 3.00. The Balaban J connectivity index is 2.35. The maximum absolute atomic E-state index is 9.93. The molecule has 0 aromatic heterocycles. The highest BCUT2D eigenvalue weighted by atomic mass is 35.5. The molecule has 20 heavy (non-hydrogen) atoms. The minimum Gasteiger partial charge on any atom is -0.507 e. The number of nitrogens with two attached hydrogens (primary N) is 1. The number of halogens is 1. The maximum atomic E-state index is 9.93. The monoisotopic (exact) mass is 308 g/mol. The molecule has 104 valence electrons. The van der Waals surface area contributed by atoms with Gasteiger partial charge in [0.1, 0.15) is 11.5 Å². The standard InChI is InChI=1S/C14H13ClN2O2S/c1-19-13-4-2-3-5-14(13)20-9-6-11(15)10(8-17-16)12(18)7-9/h2-8,18H,16H2,1H3. The second kappa shape index (κ2) is 6.54. The molecule has 0 unspecified atom stereocenters. The van der Waals surface area contributed by atoms with Crippen LogP contribution in [-0.4, -0.2) is 18.4 Å². The molecule has 0 aliphatic rings. The predicted octanol–water partition coefficient (Wildman–Crippen LogP) is 3.50. The number of hydrogen-bond acceptors (Lipinski definition) is 5. The summed E-state index contributed by atoms with van der Waals surface area (Å²) in [5, 5.41) is 13.7. The van der Waals surface area contributed by atoms with Crippen LogP contribution in [0, 0.1) is 0 Å². The van der Waals surface area contributed by atoms with Crippen molar-refractivity contribution in [2.45, 2.75) is 9.79 Å². The molecule has 4 nitrogen and oxygen atoms in total. The molecule has 0 aliphatic carbocycles. The lowest BCUT2D eigenvalue weighted by atomic mass is 10.2. The minimum atomic E-state index is 0.0316. The SMILES string of the molecule is COc1ccccc1Sc1cc(O)c(C=NN)c(Cl)c1. The summed E-state index contributed by atoms with van der Waals surface area (Å²) in [5.41, 5.74) is 0.401. The van der Waals surface area contributed by atoms with Crippen LogP contribution in [0.15, 0.2) is 51.3 Å². The quantitative estimate of drug-likeness (QED) is 0.515. The van der Waals surface area contributed by atoms with Crippen molar-refractivity contribution in [2.24, 2.45) is 10.9 Å². The van der Waals surface area contributed by atoms with Gasteiger partial charge in [-0.25, -0.2) is 0 Å². The van der Waals surface area contributed by atoms with Crippen LogP contribution in [0.1, 0.15) is 5.56 Å². The van der Waals surface area contributed by atoms with Crippen LogP contribution >= 0.6 is 23.4 Å². The first-order valence-electron chi connectivity index (χ1n) is 5.72. The summed E-state index contributed by atoms with van der Waals surface area (Å²) < 4.78 is 5.29. The third-order valence-electron chi connectivity index (χ3n) is 2.58. The zero-order chi connectivity index (χ0) is 14.5. The normalized spacial score (nSPS) is 10.9. The number of benzene rings is 2. The van der Waals surface area contributed by atoms with Crippen molar-refractivity contribution in [1.82, 2.24) is 0 Å². The first-order valence-corrected chi connectivity index (χ1v) is 6.91. The van der Waals surface area contributed by atoms with E-state index < -0.39 is 0 Å². The summed E-state index contributed by atoms with van der Waals surface area (Å²) in [6.07, 6.45) is 1.31. The molecule has 0 fully saturated rings. The lowest BCUT2D eigenvalue weighted by Gasteiger charge is -2.09. The minimum absolute atomic E-state index is 0.0316. The zero-order valence-corrected chi connectivity index (χ0v) is 12.3. The number of nitrogens with zero attached hydrogens (tertiary/aromatic N) is 1. The Morgan fingerprint density at radius 1 is 1.35 bits per heavy atom. The van der Waals surface area contributed by atoms with Gasteiger partial charge in [0, 0.05) is 4.90 Å². The molecule has 0 radical (unpaired) electrons. The maximum Gasteiger partial charge on any atom is 0.132 e. The van der Waals surface area contributed by atoms with Gasteiger partial charge in [-0.05, 0) is 24.3 Å². The summed E-state index contributed by atoms with van der Waals surface area (Å²) in [6.45, 7) is 0. The van der Waals surface area contributed by atoms with Crippen molar-refractivity contribution < 1.29 is 9.84 Å². The molecule has 0 atom stereocenters. The van der Waals surface area contributed by atoms with Gasteiger partial charge in [-0.1, -0.05) is 35.5 Å². The van der Waals surface area contributed by atoms with E-state index in [1.54, 1.807) is 19.2 Å². The van der Waals surface area contributed by atoms with Gasteiger partial charge in [-0.3, -0.25) is 0 Å². The second-order valence-corrected chi connectivity index (χ2v) is 5.39. The molecule has 0 bridgehead atoms. The Bertz CT molecular complexity index is 624. The average molecular weight is 309 g/mol. The summed E-state index contributed by atoms with van der Waals surface area (Å²) in [6, 6.07) is 11.0. The van der Waals surface area contributed by atoms with Gasteiger partial charge >= 0.3 is 0 Å². The Hall–Kier alpha value is -1.85. The Labute approximate surface area is 126 Å². The molecule has 2 aromatic rings. The molecule has 0 aliphatic heterocycles. The third kappa shape index (κ3) is 3.18. The summed E-state index contributed by atoms with van der Waals surface area (Å²) in [4.78, 5) is 1.73.